The highest BCUT2D eigenvalue weighted by molar-refractivity contribution is 7.19. The lowest BCUT2D eigenvalue weighted by atomic mass is 10.1. The quantitative estimate of drug-likeness (QED) is 0.533. The Bertz CT molecular complexity index is 1090. The number of amides is 1. The molecule has 1 aromatic carbocycles. The van der Waals surface area contributed by atoms with Crippen molar-refractivity contribution in [3.05, 3.63) is 52.2 Å². The molecule has 0 saturated carbocycles. The van der Waals surface area contributed by atoms with Gasteiger partial charge in [0.2, 0.25) is 0 Å². The second kappa shape index (κ2) is 9.45. The fraction of sp³-hybridized carbons (Fsp3) is 0.480. The van der Waals surface area contributed by atoms with Gasteiger partial charge >= 0.3 is 6.09 Å². The first-order valence-corrected chi connectivity index (χ1v) is 12.6. The van der Waals surface area contributed by atoms with Gasteiger partial charge in [0.05, 0.1) is 12.0 Å². The molecule has 1 aliphatic carbocycles. The van der Waals surface area contributed by atoms with Crippen molar-refractivity contribution in [2.75, 3.05) is 37.7 Å². The van der Waals surface area contributed by atoms with Crippen LogP contribution in [0.1, 0.15) is 48.0 Å². The van der Waals surface area contributed by atoms with Crippen LogP contribution in [0.15, 0.2) is 30.3 Å². The lowest BCUT2D eigenvalue weighted by Gasteiger charge is -2.35. The van der Waals surface area contributed by atoms with Crippen molar-refractivity contribution < 1.29 is 9.53 Å². The van der Waals surface area contributed by atoms with Gasteiger partial charge in [-0.1, -0.05) is 36.8 Å². The van der Waals surface area contributed by atoms with Gasteiger partial charge < -0.3 is 14.5 Å². The Morgan fingerprint density at radius 1 is 1.03 bits per heavy atom. The molecule has 32 heavy (non-hydrogen) atoms. The molecule has 0 atom stereocenters. The molecule has 1 amide bonds. The average molecular weight is 451 g/mol. The van der Waals surface area contributed by atoms with Crippen LogP contribution in [0.2, 0.25) is 0 Å². The van der Waals surface area contributed by atoms with Crippen molar-refractivity contribution in [3.8, 4) is 0 Å². The standard InChI is InChI=1S/C25H30N4O2S/c1-2-31-25(30)29-15-13-28(14-16-29)23-22-19-11-7-4-8-12-20(19)32-24(22)27-21(26-23)17-18-9-5-3-6-10-18/h3,5-6,9-10H,2,4,7-8,11-17H2,1H3. The van der Waals surface area contributed by atoms with E-state index in [1.54, 1.807) is 4.90 Å². The Balaban J connectivity index is 1.50. The van der Waals surface area contributed by atoms with Crippen LogP contribution in [0.25, 0.3) is 10.2 Å². The first kappa shape index (κ1) is 21.2. The molecule has 0 N–H and O–H groups in total. The smallest absolute Gasteiger partial charge is 0.409 e. The number of aromatic nitrogens is 2. The summed E-state index contributed by atoms with van der Waals surface area (Å²) in [6.07, 6.45) is 6.58. The monoisotopic (exact) mass is 450 g/mol. The van der Waals surface area contributed by atoms with Crippen LogP contribution in [-0.4, -0.2) is 53.7 Å². The van der Waals surface area contributed by atoms with E-state index in [0.717, 1.165) is 48.8 Å². The molecule has 168 valence electrons. The van der Waals surface area contributed by atoms with Crippen molar-refractivity contribution in [2.24, 2.45) is 0 Å². The van der Waals surface area contributed by atoms with Gasteiger partial charge in [-0.15, -0.1) is 11.3 Å². The lowest BCUT2D eigenvalue weighted by molar-refractivity contribution is 0.105. The van der Waals surface area contributed by atoms with Crippen LogP contribution in [0.3, 0.4) is 0 Å². The number of rotatable bonds is 4. The number of benzene rings is 1. The van der Waals surface area contributed by atoms with E-state index in [0.29, 0.717) is 19.7 Å². The molecular formula is C25H30N4O2S. The minimum atomic E-state index is -0.214. The molecule has 3 aromatic rings. The number of hydrogen-bond acceptors (Lipinski definition) is 6. The van der Waals surface area contributed by atoms with E-state index >= 15 is 0 Å². The number of nitrogens with zero attached hydrogens (tertiary/aromatic N) is 4. The predicted molar refractivity (Wildman–Crippen MR) is 129 cm³/mol. The molecule has 1 aliphatic heterocycles. The number of aryl methyl sites for hydroxylation is 2. The highest BCUT2D eigenvalue weighted by atomic mass is 32.1. The molecule has 2 aliphatic rings. The van der Waals surface area contributed by atoms with Gasteiger partial charge in [0, 0.05) is 37.5 Å². The van der Waals surface area contributed by atoms with Crippen molar-refractivity contribution in [3.63, 3.8) is 0 Å². The zero-order valence-electron chi connectivity index (χ0n) is 18.7. The Labute approximate surface area is 193 Å². The summed E-state index contributed by atoms with van der Waals surface area (Å²) in [5, 5.41) is 1.26. The first-order valence-electron chi connectivity index (χ1n) is 11.7. The lowest BCUT2D eigenvalue weighted by Crippen LogP contribution is -2.49. The van der Waals surface area contributed by atoms with Gasteiger partial charge in [-0.25, -0.2) is 14.8 Å². The van der Waals surface area contributed by atoms with Crippen LogP contribution in [0.5, 0.6) is 0 Å². The van der Waals surface area contributed by atoms with Gasteiger partial charge in [0.25, 0.3) is 0 Å². The number of fused-ring (bicyclic) bond motifs is 3. The summed E-state index contributed by atoms with van der Waals surface area (Å²) in [5.41, 5.74) is 2.69. The van der Waals surface area contributed by atoms with E-state index in [-0.39, 0.29) is 6.09 Å². The predicted octanol–water partition coefficient (Wildman–Crippen LogP) is 4.83. The zero-order chi connectivity index (χ0) is 21.9. The summed E-state index contributed by atoms with van der Waals surface area (Å²) < 4.78 is 5.20. The van der Waals surface area contributed by atoms with Gasteiger partial charge in [0.1, 0.15) is 16.5 Å². The van der Waals surface area contributed by atoms with Crippen LogP contribution >= 0.6 is 11.3 Å². The molecule has 5 rings (SSSR count). The minimum Gasteiger partial charge on any atom is -0.450 e. The summed E-state index contributed by atoms with van der Waals surface area (Å²) in [7, 11) is 0. The summed E-state index contributed by atoms with van der Waals surface area (Å²) in [5.74, 6) is 1.94. The molecule has 2 aromatic heterocycles. The molecular weight excluding hydrogens is 420 g/mol. The van der Waals surface area contributed by atoms with E-state index in [4.69, 9.17) is 14.7 Å². The number of hydrogen-bond donors (Lipinski definition) is 0. The highest BCUT2D eigenvalue weighted by Gasteiger charge is 2.27. The van der Waals surface area contributed by atoms with Crippen LogP contribution < -0.4 is 4.90 Å². The summed E-state index contributed by atoms with van der Waals surface area (Å²) >= 11 is 1.87. The van der Waals surface area contributed by atoms with E-state index < -0.39 is 0 Å². The fourth-order valence-electron chi connectivity index (χ4n) is 4.76. The molecule has 0 bridgehead atoms. The Hall–Kier alpha value is -2.67. The van der Waals surface area contributed by atoms with Gasteiger partial charge in [-0.05, 0) is 43.7 Å². The molecule has 0 unspecified atom stereocenters. The third kappa shape index (κ3) is 4.31. The van der Waals surface area contributed by atoms with E-state index in [1.807, 2.05) is 24.3 Å². The number of piperazine rings is 1. The maximum Gasteiger partial charge on any atom is 0.409 e. The molecule has 7 heteroatoms. The molecule has 0 spiro atoms. The number of carbonyl (C=O) groups is 1. The molecule has 0 radical (unpaired) electrons. The second-order valence-corrected chi connectivity index (χ2v) is 9.63. The Morgan fingerprint density at radius 3 is 2.59 bits per heavy atom. The third-order valence-electron chi connectivity index (χ3n) is 6.40. The van der Waals surface area contributed by atoms with E-state index in [1.165, 1.54) is 40.7 Å². The maximum atomic E-state index is 12.2. The van der Waals surface area contributed by atoms with E-state index in [9.17, 15) is 4.79 Å². The Kier molecular flexibility index (Phi) is 6.26. The molecule has 3 heterocycles. The number of anilines is 1. The summed E-state index contributed by atoms with van der Waals surface area (Å²) in [6.45, 7) is 5.10. The molecule has 1 fully saturated rings. The second-order valence-electron chi connectivity index (χ2n) is 8.54. The molecule has 6 nitrogen and oxygen atoms in total. The molecule has 1 saturated heterocycles. The fourth-order valence-corrected chi connectivity index (χ4v) is 6.03. The van der Waals surface area contributed by atoms with Crippen LogP contribution in [0.4, 0.5) is 10.6 Å². The largest absolute Gasteiger partial charge is 0.450 e. The van der Waals surface area contributed by atoms with E-state index in [2.05, 4.69) is 29.2 Å². The van der Waals surface area contributed by atoms with Gasteiger partial charge in [-0.3, -0.25) is 0 Å². The summed E-state index contributed by atoms with van der Waals surface area (Å²) in [6, 6.07) is 10.4. The highest BCUT2D eigenvalue weighted by Crippen LogP contribution is 2.39. The Morgan fingerprint density at radius 2 is 1.81 bits per heavy atom. The normalized spacial score (nSPS) is 16.7. The van der Waals surface area contributed by atoms with Crippen LogP contribution in [0, 0.1) is 0 Å². The summed E-state index contributed by atoms with van der Waals surface area (Å²) in [4.78, 5) is 29.1. The van der Waals surface area contributed by atoms with Gasteiger partial charge in [-0.2, -0.15) is 0 Å². The number of ether oxygens (including phenoxy) is 1. The van der Waals surface area contributed by atoms with Crippen LogP contribution in [-0.2, 0) is 24.0 Å². The van der Waals surface area contributed by atoms with Crippen molar-refractivity contribution in [1.29, 1.82) is 0 Å². The third-order valence-corrected chi connectivity index (χ3v) is 7.59. The minimum absolute atomic E-state index is 0.214. The zero-order valence-corrected chi connectivity index (χ0v) is 19.5. The first-order chi connectivity index (χ1) is 15.7. The number of carbonyl (C=O) groups excluding carboxylic acids is 1. The SMILES string of the molecule is CCOC(=O)N1CCN(c2nc(Cc3ccccc3)nc3sc4c(c23)CCCCC4)CC1. The van der Waals surface area contributed by atoms with Crippen molar-refractivity contribution >= 4 is 33.5 Å². The average Bonchev–Trinajstić information content (AvgIpc) is 3.00. The maximum absolute atomic E-state index is 12.2. The van der Waals surface area contributed by atoms with Crippen molar-refractivity contribution in [2.45, 2.75) is 45.4 Å². The van der Waals surface area contributed by atoms with Gasteiger partial charge in [0.15, 0.2) is 0 Å². The topological polar surface area (TPSA) is 58.6 Å². The number of thiophene rings is 1. The van der Waals surface area contributed by atoms with Crippen molar-refractivity contribution in [1.82, 2.24) is 14.9 Å².